The van der Waals surface area contributed by atoms with Crippen LogP contribution >= 0.6 is 0 Å². The van der Waals surface area contributed by atoms with Gasteiger partial charge in [0, 0.05) is 25.0 Å². The van der Waals surface area contributed by atoms with Gasteiger partial charge in [0.25, 0.3) is 0 Å². The molecule has 20 heavy (non-hydrogen) atoms. The molecule has 0 aromatic carbocycles. The summed E-state index contributed by atoms with van der Waals surface area (Å²) < 4.78 is 0. The normalized spacial score (nSPS) is 35.7. The second-order valence-corrected chi connectivity index (χ2v) is 6.35. The van der Waals surface area contributed by atoms with Crippen molar-refractivity contribution in [1.82, 2.24) is 30.8 Å². The average molecular weight is 276 g/mol. The molecular formula is C13H20N6O. The molecule has 3 fully saturated rings. The smallest absolute Gasteiger partial charge is 0.317 e. The summed E-state index contributed by atoms with van der Waals surface area (Å²) in [4.78, 5) is 14.2. The minimum absolute atomic E-state index is 0.0912. The van der Waals surface area contributed by atoms with Gasteiger partial charge in [-0.25, -0.2) is 4.79 Å². The van der Waals surface area contributed by atoms with E-state index in [2.05, 4.69) is 25.9 Å². The van der Waals surface area contributed by atoms with Gasteiger partial charge in [-0.2, -0.15) is 5.21 Å². The minimum atomic E-state index is 0.0912. The second kappa shape index (κ2) is 4.71. The summed E-state index contributed by atoms with van der Waals surface area (Å²) in [6, 6.07) is 0.499. The largest absolute Gasteiger partial charge is 0.335 e. The molecule has 2 amide bonds. The number of carbonyl (C=O) groups is 1. The number of hydrogen-bond acceptors (Lipinski definition) is 4. The standard InChI is InChI=1S/C13H20N6O/c20-13(14-11-3-1-2-8-6-10(8)11)19-5-4-9(7-19)12-15-17-18-16-12/h8-11H,1-7H2,(H,14,20)(H,15,16,17,18). The van der Waals surface area contributed by atoms with Crippen LogP contribution in [0.3, 0.4) is 0 Å². The average Bonchev–Trinajstić information content (AvgIpc) is 2.90. The molecule has 0 bridgehead atoms. The molecule has 108 valence electrons. The highest BCUT2D eigenvalue weighted by molar-refractivity contribution is 5.75. The van der Waals surface area contributed by atoms with Crippen LogP contribution in [0.4, 0.5) is 4.79 Å². The van der Waals surface area contributed by atoms with Gasteiger partial charge in [0.05, 0.1) is 0 Å². The van der Waals surface area contributed by atoms with Crippen LogP contribution in [0.1, 0.15) is 43.8 Å². The Morgan fingerprint density at radius 3 is 3.15 bits per heavy atom. The van der Waals surface area contributed by atoms with E-state index in [0.717, 1.165) is 37.0 Å². The summed E-state index contributed by atoms with van der Waals surface area (Å²) in [6.45, 7) is 1.48. The van der Waals surface area contributed by atoms with Crippen LogP contribution in [-0.2, 0) is 0 Å². The molecule has 7 heteroatoms. The molecule has 2 aliphatic carbocycles. The number of nitrogens with one attached hydrogen (secondary N) is 2. The van der Waals surface area contributed by atoms with Crippen molar-refractivity contribution in [2.45, 2.75) is 44.1 Å². The van der Waals surface area contributed by atoms with Crippen molar-refractivity contribution in [3.63, 3.8) is 0 Å². The van der Waals surface area contributed by atoms with Gasteiger partial charge in [-0.3, -0.25) is 0 Å². The fraction of sp³-hybridized carbons (Fsp3) is 0.846. The van der Waals surface area contributed by atoms with Gasteiger partial charge >= 0.3 is 6.03 Å². The van der Waals surface area contributed by atoms with Crippen molar-refractivity contribution in [3.05, 3.63) is 5.82 Å². The van der Waals surface area contributed by atoms with E-state index in [1.807, 2.05) is 4.90 Å². The molecule has 1 aromatic heterocycles. The Bertz CT molecular complexity index is 489. The zero-order valence-corrected chi connectivity index (χ0v) is 11.5. The zero-order chi connectivity index (χ0) is 13.5. The molecule has 4 atom stereocenters. The third kappa shape index (κ3) is 2.14. The van der Waals surface area contributed by atoms with E-state index in [1.165, 1.54) is 19.3 Å². The van der Waals surface area contributed by atoms with E-state index in [4.69, 9.17) is 0 Å². The van der Waals surface area contributed by atoms with Crippen LogP contribution in [0.25, 0.3) is 0 Å². The maximum Gasteiger partial charge on any atom is 0.317 e. The van der Waals surface area contributed by atoms with Crippen LogP contribution in [0.15, 0.2) is 0 Å². The number of fused-ring (bicyclic) bond motifs is 1. The van der Waals surface area contributed by atoms with Gasteiger partial charge in [-0.15, -0.1) is 10.2 Å². The lowest BCUT2D eigenvalue weighted by atomic mass is 9.96. The SMILES string of the molecule is O=C(NC1CCCC2CC21)N1CCC(c2nn[nH]n2)C1. The molecule has 2 N–H and O–H groups in total. The fourth-order valence-electron chi connectivity index (χ4n) is 3.84. The van der Waals surface area contributed by atoms with E-state index in [0.29, 0.717) is 12.6 Å². The van der Waals surface area contributed by atoms with Crippen LogP contribution in [0, 0.1) is 11.8 Å². The molecule has 7 nitrogen and oxygen atoms in total. The predicted octanol–water partition coefficient (Wildman–Crippen LogP) is 0.887. The summed E-state index contributed by atoms with van der Waals surface area (Å²) in [5, 5.41) is 17.4. The predicted molar refractivity (Wildman–Crippen MR) is 70.9 cm³/mol. The number of H-pyrrole nitrogens is 1. The summed E-state index contributed by atoms with van der Waals surface area (Å²) >= 11 is 0. The summed E-state index contributed by atoms with van der Waals surface area (Å²) in [6.07, 6.45) is 6.01. The summed E-state index contributed by atoms with van der Waals surface area (Å²) in [5.74, 6) is 2.59. The molecule has 4 rings (SSSR count). The summed E-state index contributed by atoms with van der Waals surface area (Å²) in [7, 11) is 0. The molecule has 1 aromatic rings. The Kier molecular flexibility index (Phi) is 2.85. The third-order valence-corrected chi connectivity index (χ3v) is 5.10. The highest BCUT2D eigenvalue weighted by Crippen LogP contribution is 2.49. The van der Waals surface area contributed by atoms with Crippen molar-refractivity contribution >= 4 is 6.03 Å². The number of aromatic nitrogens is 4. The van der Waals surface area contributed by atoms with Gasteiger partial charge in [-0.05, 0) is 31.1 Å². The van der Waals surface area contributed by atoms with Gasteiger partial charge in [0.1, 0.15) is 0 Å². The van der Waals surface area contributed by atoms with E-state index in [-0.39, 0.29) is 11.9 Å². The zero-order valence-electron chi connectivity index (χ0n) is 11.5. The maximum absolute atomic E-state index is 12.3. The minimum Gasteiger partial charge on any atom is -0.335 e. The molecule has 3 aliphatic rings. The number of amides is 2. The van der Waals surface area contributed by atoms with Crippen molar-refractivity contribution in [2.75, 3.05) is 13.1 Å². The number of urea groups is 1. The van der Waals surface area contributed by atoms with E-state index in [1.54, 1.807) is 0 Å². The van der Waals surface area contributed by atoms with Crippen molar-refractivity contribution in [2.24, 2.45) is 11.8 Å². The van der Waals surface area contributed by atoms with E-state index >= 15 is 0 Å². The lowest BCUT2D eigenvalue weighted by Gasteiger charge is -2.26. The first-order valence-electron chi connectivity index (χ1n) is 7.60. The number of hydrogen-bond donors (Lipinski definition) is 2. The fourth-order valence-corrected chi connectivity index (χ4v) is 3.84. The number of aromatic amines is 1. The monoisotopic (exact) mass is 276 g/mol. The van der Waals surface area contributed by atoms with Gasteiger partial charge in [0.15, 0.2) is 5.82 Å². The number of nitrogens with zero attached hydrogens (tertiary/aromatic N) is 4. The Balaban J connectivity index is 1.33. The van der Waals surface area contributed by atoms with Crippen LogP contribution in [0.2, 0.25) is 0 Å². The second-order valence-electron chi connectivity index (χ2n) is 6.35. The van der Waals surface area contributed by atoms with E-state index in [9.17, 15) is 4.79 Å². The van der Waals surface area contributed by atoms with E-state index < -0.39 is 0 Å². The molecule has 0 spiro atoms. The van der Waals surface area contributed by atoms with Crippen LogP contribution < -0.4 is 5.32 Å². The molecule has 2 saturated carbocycles. The molecule has 1 saturated heterocycles. The quantitative estimate of drug-likeness (QED) is 0.839. The Hall–Kier alpha value is -1.66. The number of carbonyl (C=O) groups excluding carboxylic acids is 1. The van der Waals surface area contributed by atoms with Gasteiger partial charge < -0.3 is 10.2 Å². The molecule has 0 radical (unpaired) electrons. The Labute approximate surface area is 117 Å². The van der Waals surface area contributed by atoms with Crippen molar-refractivity contribution in [1.29, 1.82) is 0 Å². The molecule has 1 aliphatic heterocycles. The number of rotatable bonds is 2. The molecule has 4 unspecified atom stereocenters. The van der Waals surface area contributed by atoms with Gasteiger partial charge in [-0.1, -0.05) is 18.1 Å². The van der Waals surface area contributed by atoms with Crippen LogP contribution in [-0.4, -0.2) is 50.7 Å². The molecular weight excluding hydrogens is 256 g/mol. The topological polar surface area (TPSA) is 86.8 Å². The maximum atomic E-state index is 12.3. The third-order valence-electron chi connectivity index (χ3n) is 5.10. The van der Waals surface area contributed by atoms with Gasteiger partial charge in [0.2, 0.25) is 0 Å². The highest BCUT2D eigenvalue weighted by Gasteiger charge is 2.46. The Morgan fingerprint density at radius 2 is 2.30 bits per heavy atom. The first-order valence-corrected chi connectivity index (χ1v) is 7.60. The Morgan fingerprint density at radius 1 is 1.35 bits per heavy atom. The lowest BCUT2D eigenvalue weighted by Crippen LogP contribution is -2.45. The first-order chi connectivity index (χ1) is 9.81. The summed E-state index contributed by atoms with van der Waals surface area (Å²) in [5.41, 5.74) is 0. The first kappa shape index (κ1) is 12.1. The van der Waals surface area contributed by atoms with Crippen molar-refractivity contribution in [3.8, 4) is 0 Å². The van der Waals surface area contributed by atoms with Crippen LogP contribution in [0.5, 0.6) is 0 Å². The highest BCUT2D eigenvalue weighted by atomic mass is 16.2. The van der Waals surface area contributed by atoms with Crippen molar-refractivity contribution < 1.29 is 4.79 Å². The number of tetrazole rings is 1. The lowest BCUT2D eigenvalue weighted by molar-refractivity contribution is 0.198. The number of likely N-dealkylation sites (tertiary alicyclic amines) is 1. The molecule has 2 heterocycles.